The molecule has 0 aromatic carbocycles. The Hall–Kier alpha value is -0.740. The van der Waals surface area contributed by atoms with Crippen LogP contribution in [0.15, 0.2) is 18.3 Å². The van der Waals surface area contributed by atoms with Crippen LogP contribution in [0.3, 0.4) is 0 Å². The van der Waals surface area contributed by atoms with Crippen molar-refractivity contribution in [3.63, 3.8) is 0 Å². The van der Waals surface area contributed by atoms with Crippen molar-refractivity contribution in [3.05, 3.63) is 29.0 Å². The van der Waals surface area contributed by atoms with Gasteiger partial charge >= 0.3 is 0 Å². The van der Waals surface area contributed by atoms with Gasteiger partial charge in [0.05, 0.1) is 17.3 Å². The summed E-state index contributed by atoms with van der Waals surface area (Å²) >= 11 is 7.74. The minimum atomic E-state index is 0.0628. The molecule has 94 valence electrons. The Bertz CT molecular complexity index is 360. The van der Waals surface area contributed by atoms with Crippen molar-refractivity contribution < 1.29 is 4.79 Å². The van der Waals surface area contributed by atoms with E-state index in [0.717, 1.165) is 18.6 Å². The molecule has 1 amide bonds. The number of nitrogens with one attached hydrogen (secondary N) is 1. The second kappa shape index (κ2) is 8.37. The number of nitrogens with zero attached hydrogens (tertiary/aromatic N) is 1. The first-order valence-corrected chi connectivity index (χ1v) is 7.36. The van der Waals surface area contributed by atoms with Gasteiger partial charge in [-0.1, -0.05) is 11.6 Å². The highest BCUT2D eigenvalue weighted by Gasteiger charge is 2.04. The Morgan fingerprint density at radius 3 is 3.06 bits per heavy atom. The van der Waals surface area contributed by atoms with Gasteiger partial charge in [0, 0.05) is 12.6 Å². The van der Waals surface area contributed by atoms with Crippen LogP contribution >= 0.6 is 23.4 Å². The van der Waals surface area contributed by atoms with Gasteiger partial charge in [-0.25, -0.2) is 0 Å². The fourth-order valence-corrected chi connectivity index (χ4v) is 2.03. The molecule has 0 radical (unpaired) electrons. The highest BCUT2D eigenvalue weighted by Crippen LogP contribution is 2.11. The van der Waals surface area contributed by atoms with Gasteiger partial charge in [-0.15, -0.1) is 0 Å². The number of carbonyl (C=O) groups is 1. The van der Waals surface area contributed by atoms with Crippen molar-refractivity contribution in [1.82, 2.24) is 10.3 Å². The first kappa shape index (κ1) is 14.3. The standard InChI is InChI=1S/C12H17ClN2OS/c1-17-8-3-2-6-12(16)15-9-11-10(13)5-4-7-14-11/h4-5,7H,2-3,6,8-9H2,1H3,(H,15,16). The average molecular weight is 273 g/mol. The number of hydrogen-bond acceptors (Lipinski definition) is 3. The first-order chi connectivity index (χ1) is 8.24. The largest absolute Gasteiger partial charge is 0.350 e. The molecule has 0 fully saturated rings. The molecular formula is C12H17ClN2OS. The highest BCUT2D eigenvalue weighted by molar-refractivity contribution is 7.98. The third-order valence-electron chi connectivity index (χ3n) is 2.29. The Morgan fingerprint density at radius 2 is 2.35 bits per heavy atom. The van der Waals surface area contributed by atoms with Crippen LogP contribution in [0.1, 0.15) is 25.0 Å². The number of hydrogen-bond donors (Lipinski definition) is 1. The number of carbonyl (C=O) groups excluding carboxylic acids is 1. The van der Waals surface area contributed by atoms with E-state index in [1.165, 1.54) is 0 Å². The van der Waals surface area contributed by atoms with Crippen molar-refractivity contribution in [2.75, 3.05) is 12.0 Å². The van der Waals surface area contributed by atoms with Crippen molar-refractivity contribution in [2.24, 2.45) is 0 Å². The maximum absolute atomic E-state index is 11.5. The predicted molar refractivity (Wildman–Crippen MR) is 73.3 cm³/mol. The lowest BCUT2D eigenvalue weighted by Crippen LogP contribution is -2.23. The molecule has 1 rings (SSSR count). The molecule has 0 bridgehead atoms. The number of pyridine rings is 1. The summed E-state index contributed by atoms with van der Waals surface area (Å²) in [5.74, 6) is 1.17. The fraction of sp³-hybridized carbons (Fsp3) is 0.500. The summed E-state index contributed by atoms with van der Waals surface area (Å²) in [6, 6.07) is 3.55. The normalized spacial score (nSPS) is 10.2. The molecule has 1 aromatic heterocycles. The van der Waals surface area contributed by atoms with Crippen LogP contribution in [0.5, 0.6) is 0 Å². The summed E-state index contributed by atoms with van der Waals surface area (Å²) in [5.41, 5.74) is 0.714. The number of unbranched alkanes of at least 4 members (excludes halogenated alkanes) is 1. The quantitative estimate of drug-likeness (QED) is 0.776. The molecule has 1 aromatic rings. The molecule has 3 nitrogen and oxygen atoms in total. The van der Waals surface area contributed by atoms with Crippen LogP contribution in [-0.4, -0.2) is 22.9 Å². The van der Waals surface area contributed by atoms with Crippen LogP contribution in [0, 0.1) is 0 Å². The smallest absolute Gasteiger partial charge is 0.220 e. The summed E-state index contributed by atoms with van der Waals surface area (Å²) in [6.07, 6.45) is 6.33. The molecule has 17 heavy (non-hydrogen) atoms. The van der Waals surface area contributed by atoms with Crippen molar-refractivity contribution in [1.29, 1.82) is 0 Å². The Labute approximate surface area is 111 Å². The molecular weight excluding hydrogens is 256 g/mol. The number of halogens is 1. The van der Waals surface area contributed by atoms with Gasteiger partial charge in [0.25, 0.3) is 0 Å². The zero-order valence-corrected chi connectivity index (χ0v) is 11.5. The minimum Gasteiger partial charge on any atom is -0.350 e. The van der Waals surface area contributed by atoms with E-state index in [1.807, 2.05) is 0 Å². The summed E-state index contributed by atoms with van der Waals surface area (Å²) in [6.45, 7) is 0.404. The molecule has 0 saturated heterocycles. The van der Waals surface area contributed by atoms with Gasteiger partial charge in [0.2, 0.25) is 5.91 Å². The van der Waals surface area contributed by atoms with E-state index in [-0.39, 0.29) is 5.91 Å². The third kappa shape index (κ3) is 5.94. The van der Waals surface area contributed by atoms with Crippen molar-refractivity contribution in [2.45, 2.75) is 25.8 Å². The van der Waals surface area contributed by atoms with E-state index in [2.05, 4.69) is 16.6 Å². The van der Waals surface area contributed by atoms with E-state index < -0.39 is 0 Å². The molecule has 0 aliphatic heterocycles. The lowest BCUT2D eigenvalue weighted by molar-refractivity contribution is -0.121. The van der Waals surface area contributed by atoms with Gasteiger partial charge in [-0.3, -0.25) is 9.78 Å². The van der Waals surface area contributed by atoms with Crippen molar-refractivity contribution in [3.8, 4) is 0 Å². The van der Waals surface area contributed by atoms with Crippen LogP contribution in [0.4, 0.5) is 0 Å². The Balaban J connectivity index is 2.22. The third-order valence-corrected chi connectivity index (χ3v) is 3.33. The lowest BCUT2D eigenvalue weighted by Gasteiger charge is -2.05. The fourth-order valence-electron chi connectivity index (χ4n) is 1.35. The van der Waals surface area contributed by atoms with E-state index in [9.17, 15) is 4.79 Å². The molecule has 0 atom stereocenters. The predicted octanol–water partition coefficient (Wildman–Crippen LogP) is 2.88. The molecule has 0 saturated carbocycles. The van der Waals surface area contributed by atoms with Crippen LogP contribution < -0.4 is 5.32 Å². The van der Waals surface area contributed by atoms with Gasteiger partial charge in [-0.05, 0) is 37.0 Å². The van der Waals surface area contributed by atoms with Crippen LogP contribution in [0.2, 0.25) is 5.02 Å². The number of amides is 1. The molecule has 5 heteroatoms. The summed E-state index contributed by atoms with van der Waals surface area (Å²) in [5, 5.41) is 3.42. The molecule has 0 aliphatic rings. The van der Waals surface area contributed by atoms with E-state index in [4.69, 9.17) is 11.6 Å². The number of thioether (sulfide) groups is 1. The summed E-state index contributed by atoms with van der Waals surface area (Å²) < 4.78 is 0. The zero-order valence-electron chi connectivity index (χ0n) is 9.91. The van der Waals surface area contributed by atoms with E-state index in [0.29, 0.717) is 23.7 Å². The molecule has 1 N–H and O–H groups in total. The van der Waals surface area contributed by atoms with Gasteiger partial charge in [-0.2, -0.15) is 11.8 Å². The lowest BCUT2D eigenvalue weighted by atomic mass is 10.2. The molecule has 1 heterocycles. The number of aromatic nitrogens is 1. The second-order valence-corrected chi connectivity index (χ2v) is 5.05. The SMILES string of the molecule is CSCCCCC(=O)NCc1ncccc1Cl. The number of rotatable bonds is 7. The Morgan fingerprint density at radius 1 is 1.53 bits per heavy atom. The van der Waals surface area contributed by atoms with Crippen LogP contribution in [0.25, 0.3) is 0 Å². The highest BCUT2D eigenvalue weighted by atomic mass is 35.5. The Kier molecular flexibility index (Phi) is 7.05. The maximum Gasteiger partial charge on any atom is 0.220 e. The summed E-state index contributed by atoms with van der Waals surface area (Å²) in [4.78, 5) is 15.6. The summed E-state index contributed by atoms with van der Waals surface area (Å²) in [7, 11) is 0. The maximum atomic E-state index is 11.5. The van der Waals surface area contributed by atoms with Gasteiger partial charge in [0.15, 0.2) is 0 Å². The topological polar surface area (TPSA) is 42.0 Å². The van der Waals surface area contributed by atoms with Gasteiger partial charge in [0.1, 0.15) is 0 Å². The molecule has 0 aliphatic carbocycles. The van der Waals surface area contributed by atoms with E-state index >= 15 is 0 Å². The van der Waals surface area contributed by atoms with Gasteiger partial charge < -0.3 is 5.32 Å². The van der Waals surface area contributed by atoms with Crippen LogP contribution in [-0.2, 0) is 11.3 Å². The van der Waals surface area contributed by atoms with Crippen molar-refractivity contribution >= 4 is 29.3 Å². The second-order valence-electron chi connectivity index (χ2n) is 3.66. The average Bonchev–Trinajstić information content (AvgIpc) is 2.34. The zero-order chi connectivity index (χ0) is 12.5. The molecule has 0 unspecified atom stereocenters. The minimum absolute atomic E-state index is 0.0628. The van der Waals surface area contributed by atoms with E-state index in [1.54, 1.807) is 30.1 Å². The monoisotopic (exact) mass is 272 g/mol. The molecule has 0 spiro atoms. The first-order valence-electron chi connectivity index (χ1n) is 5.59.